The smallest absolute Gasteiger partial charge is 0.137 e. The van der Waals surface area contributed by atoms with Crippen LogP contribution in [0.1, 0.15) is 52.7 Å². The minimum Gasteiger partial charge on any atom is -0.456 e. The van der Waals surface area contributed by atoms with Crippen LogP contribution in [0, 0.1) is 0 Å². The van der Waals surface area contributed by atoms with Crippen molar-refractivity contribution in [2.75, 3.05) is 9.80 Å². The van der Waals surface area contributed by atoms with Crippen LogP contribution in [0.15, 0.2) is 264 Å². The van der Waals surface area contributed by atoms with Gasteiger partial charge in [0.25, 0.3) is 0 Å². The molecule has 0 fully saturated rings. The van der Waals surface area contributed by atoms with E-state index in [1.807, 2.05) is 0 Å². The van der Waals surface area contributed by atoms with Crippen LogP contribution in [-0.4, -0.2) is 9.13 Å². The summed E-state index contributed by atoms with van der Waals surface area (Å²) in [6.07, 6.45) is 0. The molecule has 0 bridgehead atoms. The molecule has 0 saturated carbocycles. The fraction of sp³-hybridized carbons (Fsp3) is 0.103. The van der Waals surface area contributed by atoms with Crippen molar-refractivity contribution in [1.82, 2.24) is 9.13 Å². The average molecular weight is 1090 g/mol. The van der Waals surface area contributed by atoms with Crippen LogP contribution in [-0.2, 0) is 10.8 Å². The minimum atomic E-state index is 0.0274. The van der Waals surface area contributed by atoms with Gasteiger partial charge in [0, 0.05) is 101 Å². The van der Waals surface area contributed by atoms with E-state index in [1.165, 1.54) is 54.7 Å². The largest absolute Gasteiger partial charge is 0.456 e. The van der Waals surface area contributed by atoms with Gasteiger partial charge in [-0.2, -0.15) is 0 Å². The first-order chi connectivity index (χ1) is 40.9. The quantitative estimate of drug-likeness (QED) is 0.152. The van der Waals surface area contributed by atoms with Crippen LogP contribution in [0.25, 0.3) is 110 Å². The maximum absolute atomic E-state index is 6.87. The summed E-state index contributed by atoms with van der Waals surface area (Å²) in [4.78, 5) is 4.68. The first-order valence-electron chi connectivity index (χ1n) is 29.1. The van der Waals surface area contributed by atoms with Crippen molar-refractivity contribution in [3.8, 4) is 11.4 Å². The van der Waals surface area contributed by atoms with E-state index in [4.69, 9.17) is 8.83 Å². The number of hydrogen-bond acceptors (Lipinski definition) is 4. The lowest BCUT2D eigenvalue weighted by atomic mass is 9.87. The van der Waals surface area contributed by atoms with E-state index in [0.717, 1.165) is 100 Å². The molecule has 12 aromatic carbocycles. The highest BCUT2D eigenvalue weighted by atomic mass is 16.3. The summed E-state index contributed by atoms with van der Waals surface area (Å²) in [5.74, 6) is 0. The summed E-state index contributed by atoms with van der Waals surface area (Å²) >= 11 is 0. The molecule has 0 aliphatic heterocycles. The predicted octanol–water partition coefficient (Wildman–Crippen LogP) is 22.4. The van der Waals surface area contributed by atoms with Gasteiger partial charge in [-0.15, -0.1) is 0 Å². The summed E-state index contributed by atoms with van der Waals surface area (Å²) < 4.78 is 18.6. The number of furan rings is 2. The maximum atomic E-state index is 6.87. The number of anilines is 6. The Bertz CT molecular complexity index is 4960. The maximum Gasteiger partial charge on any atom is 0.137 e. The highest BCUT2D eigenvalue weighted by Crippen LogP contribution is 2.46. The van der Waals surface area contributed by atoms with Crippen LogP contribution < -0.4 is 9.80 Å². The average Bonchev–Trinajstić information content (AvgIpc) is 2.04. The van der Waals surface area contributed by atoms with E-state index in [1.54, 1.807) is 0 Å². The second-order valence-electron chi connectivity index (χ2n) is 24.7. The molecule has 4 heterocycles. The highest BCUT2D eigenvalue weighted by molar-refractivity contribution is 6.17. The zero-order valence-electron chi connectivity index (χ0n) is 47.9. The van der Waals surface area contributed by atoms with E-state index in [0.29, 0.717) is 0 Å². The molecule has 0 saturated heterocycles. The summed E-state index contributed by atoms with van der Waals surface area (Å²) in [5.41, 5.74) is 19.3. The van der Waals surface area contributed by atoms with E-state index in [-0.39, 0.29) is 10.8 Å². The van der Waals surface area contributed by atoms with Gasteiger partial charge in [0.15, 0.2) is 0 Å². The standard InChI is InChI=1S/C78H60N4O2/c1-77(2,3)51-19-17-25-55(43-51)81-69-29-15-13-27-61(69)65-45-57(33-37-71(65)81)79(53-21-9-7-10-22-53)59-31-35-63-67-39-49-42-74-68(40-50(49)41-73(67)83-75(63)47-59)64-36-32-60(48-76(64)84-74)80(54-23-11-8-12-24-54)58-34-38-72-66(46-58)62-28-14-16-30-70(62)82(72)56-26-18-20-52(44-56)78(4,5)6/h7-48H,1-6H3. The molecule has 6 heteroatoms. The number of rotatable bonds is 8. The lowest BCUT2D eigenvalue weighted by Crippen LogP contribution is -2.11. The fourth-order valence-electron chi connectivity index (χ4n) is 13.1. The molecule has 16 rings (SSSR count). The van der Waals surface area contributed by atoms with Crippen LogP contribution in [0.2, 0.25) is 0 Å². The third-order valence-electron chi connectivity index (χ3n) is 17.3. The second kappa shape index (κ2) is 18.6. The fourth-order valence-corrected chi connectivity index (χ4v) is 13.1. The SMILES string of the molecule is CC(C)(C)c1cccc(-n2c3ccccc3c3cc(N(c4ccccc4)c4ccc5c(c4)oc4cc6cc7c(cc6cc45)oc4cc(N(c5ccccc5)c5ccc6c(c5)c5ccccc5n6-c5cccc(C(C)(C)C)c5)ccc47)ccc32)c1. The van der Waals surface area contributed by atoms with Gasteiger partial charge in [0.2, 0.25) is 0 Å². The molecule has 0 spiro atoms. The first-order valence-corrected chi connectivity index (χ1v) is 29.1. The number of nitrogens with zero attached hydrogens (tertiary/aromatic N) is 4. The van der Waals surface area contributed by atoms with Crippen molar-refractivity contribution in [3.63, 3.8) is 0 Å². The topological polar surface area (TPSA) is 42.6 Å². The van der Waals surface area contributed by atoms with Gasteiger partial charge in [-0.1, -0.05) is 139 Å². The van der Waals surface area contributed by atoms with Crippen LogP contribution >= 0.6 is 0 Å². The Hall–Kier alpha value is -10.3. The third-order valence-corrected chi connectivity index (χ3v) is 17.3. The second-order valence-corrected chi connectivity index (χ2v) is 24.7. The van der Waals surface area contributed by atoms with Crippen LogP contribution in [0.5, 0.6) is 0 Å². The Balaban J connectivity index is 0.770. The van der Waals surface area contributed by atoms with Crippen molar-refractivity contribution >= 4 is 132 Å². The Morgan fingerprint density at radius 2 is 0.631 bits per heavy atom. The molecule has 16 aromatic rings. The van der Waals surface area contributed by atoms with Gasteiger partial charge in [-0.25, -0.2) is 0 Å². The molecule has 0 aliphatic carbocycles. The van der Waals surface area contributed by atoms with Gasteiger partial charge in [0.1, 0.15) is 22.3 Å². The summed E-state index contributed by atoms with van der Waals surface area (Å²) in [6.45, 7) is 13.7. The molecule has 4 aromatic heterocycles. The molecular formula is C78H60N4O2. The molecule has 0 atom stereocenters. The predicted molar refractivity (Wildman–Crippen MR) is 354 cm³/mol. The zero-order chi connectivity index (χ0) is 56.6. The van der Waals surface area contributed by atoms with Gasteiger partial charge in [-0.3, -0.25) is 0 Å². The van der Waals surface area contributed by atoms with Crippen molar-refractivity contribution in [2.45, 2.75) is 52.4 Å². The molecule has 0 aliphatic rings. The molecule has 0 radical (unpaired) electrons. The van der Waals surface area contributed by atoms with E-state index >= 15 is 0 Å². The summed E-state index contributed by atoms with van der Waals surface area (Å²) in [7, 11) is 0. The zero-order valence-corrected chi connectivity index (χ0v) is 47.9. The Morgan fingerprint density at radius 3 is 1.06 bits per heavy atom. The van der Waals surface area contributed by atoms with Crippen LogP contribution in [0.4, 0.5) is 34.1 Å². The summed E-state index contributed by atoms with van der Waals surface area (Å²) in [6, 6.07) is 92.7. The van der Waals surface area contributed by atoms with Gasteiger partial charge in [-0.05, 0) is 178 Å². The molecule has 0 N–H and O–H groups in total. The van der Waals surface area contributed by atoms with Crippen molar-refractivity contribution in [1.29, 1.82) is 0 Å². The number of para-hydroxylation sites is 4. The number of hydrogen-bond donors (Lipinski definition) is 0. The normalized spacial score (nSPS) is 12.4. The minimum absolute atomic E-state index is 0.0274. The number of fused-ring (bicyclic) bond motifs is 13. The summed E-state index contributed by atoms with van der Waals surface area (Å²) in [5, 5.41) is 11.3. The van der Waals surface area contributed by atoms with Gasteiger partial charge < -0.3 is 27.8 Å². The molecule has 404 valence electrons. The van der Waals surface area contributed by atoms with Crippen molar-refractivity contribution < 1.29 is 8.83 Å². The molecule has 0 amide bonds. The molecular weight excluding hydrogens is 1020 g/mol. The highest BCUT2D eigenvalue weighted by Gasteiger charge is 2.24. The van der Waals surface area contributed by atoms with Crippen molar-refractivity contribution in [2.24, 2.45) is 0 Å². The Morgan fingerprint density at radius 1 is 0.262 bits per heavy atom. The van der Waals surface area contributed by atoms with Gasteiger partial charge in [0.05, 0.1) is 22.1 Å². The number of aromatic nitrogens is 2. The third kappa shape index (κ3) is 8.00. The monoisotopic (exact) mass is 1080 g/mol. The van der Waals surface area contributed by atoms with E-state index in [9.17, 15) is 0 Å². The van der Waals surface area contributed by atoms with E-state index < -0.39 is 0 Å². The lowest BCUT2D eigenvalue weighted by Gasteiger charge is -2.25. The molecule has 84 heavy (non-hydrogen) atoms. The lowest BCUT2D eigenvalue weighted by molar-refractivity contribution is 0.589. The first kappa shape index (κ1) is 49.5. The molecule has 0 unspecified atom stereocenters. The molecule has 6 nitrogen and oxygen atoms in total. The van der Waals surface area contributed by atoms with Crippen LogP contribution in [0.3, 0.4) is 0 Å². The number of benzene rings is 12. The van der Waals surface area contributed by atoms with E-state index in [2.05, 4.69) is 315 Å². The Labute approximate surface area is 487 Å². The van der Waals surface area contributed by atoms with Crippen molar-refractivity contribution in [3.05, 3.63) is 266 Å². The Kier molecular flexibility index (Phi) is 11.0. The van der Waals surface area contributed by atoms with Gasteiger partial charge >= 0.3 is 0 Å².